The number of carbonyl (C=O) groups excluding carboxylic acids is 4. The number of fused-ring (bicyclic) bond motifs is 1. The highest BCUT2D eigenvalue weighted by molar-refractivity contribution is 7.13. The van der Waals surface area contributed by atoms with Crippen LogP contribution in [0.1, 0.15) is 96.7 Å². The largest absolute Gasteiger partial charge is 0.496 e. The molecule has 2 aromatic heterocycles. The van der Waals surface area contributed by atoms with E-state index in [9.17, 15) is 19.2 Å². The zero-order valence-corrected chi connectivity index (χ0v) is 35.3. The average molecular weight is 804 g/mol. The second-order valence-electron chi connectivity index (χ2n) is 16.1. The van der Waals surface area contributed by atoms with Crippen LogP contribution in [0.15, 0.2) is 48.9 Å². The zero-order valence-electron chi connectivity index (χ0n) is 34.4. The van der Waals surface area contributed by atoms with Crippen molar-refractivity contribution in [2.75, 3.05) is 20.8 Å². The summed E-state index contributed by atoms with van der Waals surface area (Å²) in [6.45, 7) is 19.0. The minimum Gasteiger partial charge on any atom is -0.496 e. The monoisotopic (exact) mass is 803 g/mol. The summed E-state index contributed by atoms with van der Waals surface area (Å²) in [7, 11) is 2.88. The number of likely N-dealkylation sites (tertiary alicyclic amines) is 1. The molecule has 57 heavy (non-hydrogen) atoms. The van der Waals surface area contributed by atoms with E-state index in [4.69, 9.17) is 28.9 Å². The fourth-order valence-corrected chi connectivity index (χ4v) is 8.18. The van der Waals surface area contributed by atoms with Crippen molar-refractivity contribution in [1.29, 1.82) is 0 Å². The Balaban J connectivity index is 1.52. The molecule has 0 spiro atoms. The molecule has 1 saturated heterocycles. The highest BCUT2D eigenvalue weighted by atomic mass is 32.1. The lowest BCUT2D eigenvalue weighted by Crippen LogP contribution is -2.56. The van der Waals surface area contributed by atoms with Gasteiger partial charge in [-0.05, 0) is 71.4 Å². The lowest BCUT2D eigenvalue weighted by Gasteiger charge is -2.30. The third-order valence-electron chi connectivity index (χ3n) is 10.4. The standard InChI is InChI=1S/C43H57N5O8S/c1-11-13-14-15-16-17-30(46-41(52)56-42(6,7)8)39(50)48-23-28(20-33(48)37(49)47-43(40(51)54-10)22-27(43)12-2)55-35-21-31(38-45-32(24-57-38)25(3)4)44-36-26(5)34(53-9)19-18-29(35)36/h11-12,18-19,21,24-25,27-28,30,33H,1-2,13-17,20,22-23H2,3-10H3,(H,46,52)(H,47,49)/t27-,28-,30+,33+,43-/m1/s1. The number of nitrogens with one attached hydrogen (secondary N) is 2. The van der Waals surface area contributed by atoms with Crippen molar-refractivity contribution < 1.29 is 38.1 Å². The van der Waals surface area contributed by atoms with Crippen molar-refractivity contribution in [3.63, 3.8) is 0 Å². The van der Waals surface area contributed by atoms with Crippen LogP contribution in [0.2, 0.25) is 0 Å². The summed E-state index contributed by atoms with van der Waals surface area (Å²) in [5, 5.41) is 9.18. The maximum Gasteiger partial charge on any atom is 0.408 e. The molecule has 1 aromatic carbocycles. The molecule has 14 heteroatoms. The van der Waals surface area contributed by atoms with Gasteiger partial charge in [-0.25, -0.2) is 19.6 Å². The number of allylic oxidation sites excluding steroid dienone is 1. The number of esters is 1. The number of aromatic nitrogens is 2. The number of ether oxygens (including phenoxy) is 4. The number of pyridine rings is 1. The number of aryl methyl sites for hydroxylation is 1. The Morgan fingerprint density at radius 1 is 1.09 bits per heavy atom. The minimum absolute atomic E-state index is 0.0268. The van der Waals surface area contributed by atoms with Gasteiger partial charge in [0.05, 0.1) is 32.0 Å². The fraction of sp³-hybridized carbons (Fsp3) is 0.535. The van der Waals surface area contributed by atoms with Crippen molar-refractivity contribution >= 4 is 46.1 Å². The summed E-state index contributed by atoms with van der Waals surface area (Å²) >= 11 is 1.49. The van der Waals surface area contributed by atoms with E-state index in [1.165, 1.54) is 23.3 Å². The van der Waals surface area contributed by atoms with Crippen LogP contribution >= 0.6 is 11.3 Å². The Bertz CT molecular complexity index is 1990. The fourth-order valence-electron chi connectivity index (χ4n) is 7.24. The summed E-state index contributed by atoms with van der Waals surface area (Å²) in [6, 6.07) is 3.55. The Labute approximate surface area is 339 Å². The molecule has 13 nitrogen and oxygen atoms in total. The van der Waals surface area contributed by atoms with Gasteiger partial charge in [-0.1, -0.05) is 38.8 Å². The van der Waals surface area contributed by atoms with E-state index in [0.29, 0.717) is 42.0 Å². The van der Waals surface area contributed by atoms with Gasteiger partial charge in [0, 0.05) is 34.7 Å². The van der Waals surface area contributed by atoms with Gasteiger partial charge in [0.15, 0.2) is 0 Å². The van der Waals surface area contributed by atoms with Gasteiger partial charge in [0.2, 0.25) is 11.8 Å². The van der Waals surface area contributed by atoms with E-state index in [1.807, 2.05) is 36.6 Å². The number of alkyl carbamates (subject to hydrolysis) is 1. The minimum atomic E-state index is -1.28. The molecule has 1 saturated carbocycles. The van der Waals surface area contributed by atoms with Gasteiger partial charge in [0.1, 0.15) is 51.5 Å². The predicted octanol–water partition coefficient (Wildman–Crippen LogP) is 7.41. The molecule has 2 N–H and O–H groups in total. The van der Waals surface area contributed by atoms with Crippen molar-refractivity contribution in [3.05, 3.63) is 60.1 Å². The number of benzene rings is 1. The number of hydrogen-bond donors (Lipinski definition) is 2. The Kier molecular flexibility index (Phi) is 13.7. The molecule has 1 aliphatic heterocycles. The van der Waals surface area contributed by atoms with E-state index >= 15 is 0 Å². The van der Waals surface area contributed by atoms with E-state index in [0.717, 1.165) is 40.9 Å². The summed E-state index contributed by atoms with van der Waals surface area (Å²) in [4.78, 5) is 66.4. The third-order valence-corrected chi connectivity index (χ3v) is 11.3. The van der Waals surface area contributed by atoms with Crippen molar-refractivity contribution in [2.24, 2.45) is 5.92 Å². The first-order valence-corrected chi connectivity index (χ1v) is 20.5. The van der Waals surface area contributed by atoms with Crippen molar-refractivity contribution in [1.82, 2.24) is 25.5 Å². The number of methoxy groups -OCH3 is 2. The molecule has 5 rings (SSSR count). The van der Waals surface area contributed by atoms with Crippen LogP contribution in [-0.4, -0.2) is 88.8 Å². The number of amides is 3. The maximum atomic E-state index is 14.7. The molecule has 1 aliphatic carbocycles. The van der Waals surface area contributed by atoms with Crippen molar-refractivity contribution in [3.8, 4) is 22.2 Å². The van der Waals surface area contributed by atoms with E-state index in [2.05, 4.69) is 37.6 Å². The van der Waals surface area contributed by atoms with Gasteiger partial charge >= 0.3 is 12.1 Å². The van der Waals surface area contributed by atoms with E-state index < -0.39 is 53.2 Å². The van der Waals surface area contributed by atoms with Crippen molar-refractivity contribution in [2.45, 2.75) is 122 Å². The number of unbranched alkanes of at least 4 members (excludes halogenated alkanes) is 3. The van der Waals surface area contributed by atoms with Crippen LogP contribution < -0.4 is 20.1 Å². The topological polar surface area (TPSA) is 158 Å². The number of nitrogens with zero attached hydrogens (tertiary/aromatic N) is 3. The Hall–Kier alpha value is -4.98. The molecule has 2 fully saturated rings. The molecule has 308 valence electrons. The van der Waals surface area contributed by atoms with Gasteiger partial charge in [-0.15, -0.1) is 24.5 Å². The molecule has 2 aliphatic rings. The molecule has 0 bridgehead atoms. The zero-order chi connectivity index (χ0) is 41.7. The van der Waals surface area contributed by atoms with Crippen LogP contribution in [0.25, 0.3) is 21.6 Å². The Morgan fingerprint density at radius 2 is 1.84 bits per heavy atom. The van der Waals surface area contributed by atoms with E-state index in [-0.39, 0.29) is 24.8 Å². The first-order valence-electron chi connectivity index (χ1n) is 19.6. The molecule has 0 radical (unpaired) electrons. The normalized spacial score (nSPS) is 20.8. The maximum absolute atomic E-state index is 14.7. The molecule has 0 unspecified atom stereocenters. The van der Waals surface area contributed by atoms with Gasteiger partial charge in [-0.2, -0.15) is 0 Å². The van der Waals surface area contributed by atoms with Crippen LogP contribution in [0, 0.1) is 12.8 Å². The summed E-state index contributed by atoms with van der Waals surface area (Å²) < 4.78 is 23.1. The summed E-state index contributed by atoms with van der Waals surface area (Å²) in [5.74, 6) is -0.495. The van der Waals surface area contributed by atoms with Crippen LogP contribution in [0.3, 0.4) is 0 Å². The average Bonchev–Trinajstić information content (AvgIpc) is 3.45. The Morgan fingerprint density at radius 3 is 2.46 bits per heavy atom. The van der Waals surface area contributed by atoms with Gasteiger partial charge < -0.3 is 34.5 Å². The molecule has 3 heterocycles. The van der Waals surface area contributed by atoms with Crippen LogP contribution in [0.4, 0.5) is 4.79 Å². The molecule has 3 amide bonds. The SMILES string of the molecule is C=CCCCCC[C@H](NC(=O)OC(C)(C)C)C(=O)N1C[C@H](Oc2cc(-c3nc(C(C)C)cs3)nc3c(C)c(OC)ccc23)C[C@H]1C(=O)N[C@]1(C(=O)OC)C[C@H]1C=C. The lowest BCUT2D eigenvalue weighted by atomic mass is 10.0. The number of hydrogen-bond acceptors (Lipinski definition) is 11. The van der Waals surface area contributed by atoms with Gasteiger partial charge in [0.25, 0.3) is 0 Å². The highest BCUT2D eigenvalue weighted by Crippen LogP contribution is 2.46. The van der Waals surface area contributed by atoms with Crippen LogP contribution in [0.5, 0.6) is 11.5 Å². The molecular weight excluding hydrogens is 747 g/mol. The number of rotatable bonds is 17. The van der Waals surface area contributed by atoms with Gasteiger partial charge in [-0.3, -0.25) is 9.59 Å². The van der Waals surface area contributed by atoms with Crippen LogP contribution in [-0.2, 0) is 23.9 Å². The highest BCUT2D eigenvalue weighted by Gasteiger charge is 2.62. The molecule has 3 aromatic rings. The predicted molar refractivity (Wildman–Crippen MR) is 220 cm³/mol. The number of thiazole rings is 1. The van der Waals surface area contributed by atoms with E-state index in [1.54, 1.807) is 34.0 Å². The third kappa shape index (κ3) is 9.95. The second-order valence-corrected chi connectivity index (χ2v) is 17.0. The first kappa shape index (κ1) is 43.1. The smallest absolute Gasteiger partial charge is 0.408 e. The molecular formula is C43H57N5O8S. The first-order chi connectivity index (χ1) is 27.0. The quantitative estimate of drug-likeness (QED) is 0.0800. The second kappa shape index (κ2) is 18.1. The summed E-state index contributed by atoms with van der Waals surface area (Å²) in [6.07, 6.45) is 5.99. The summed E-state index contributed by atoms with van der Waals surface area (Å²) in [5.41, 5.74) is 0.986. The lowest BCUT2D eigenvalue weighted by molar-refractivity contribution is -0.148. The number of carbonyl (C=O) groups is 4. The molecule has 5 atom stereocenters.